The standard InChI is InChI=1S/C13H16O3S2/c1-4-16-12(15)9(2)11(14)13(3,17)8-10-6-5-7-18-10/h5-7,17H,2,4,8H2,1,3H3. The van der Waals surface area contributed by atoms with E-state index in [0.29, 0.717) is 6.42 Å². The Kier molecular flexibility index (Phi) is 5.16. The quantitative estimate of drug-likeness (QED) is 0.287. The lowest BCUT2D eigenvalue weighted by Crippen LogP contribution is -2.35. The Bertz CT molecular complexity index is 447. The number of thiol groups is 1. The van der Waals surface area contributed by atoms with Crippen molar-refractivity contribution < 1.29 is 14.3 Å². The topological polar surface area (TPSA) is 43.4 Å². The van der Waals surface area contributed by atoms with Gasteiger partial charge in [0.25, 0.3) is 0 Å². The Morgan fingerprint density at radius 2 is 2.22 bits per heavy atom. The lowest BCUT2D eigenvalue weighted by atomic mass is 9.95. The van der Waals surface area contributed by atoms with Crippen LogP contribution in [0.25, 0.3) is 0 Å². The van der Waals surface area contributed by atoms with Crippen LogP contribution in [0.5, 0.6) is 0 Å². The van der Waals surface area contributed by atoms with E-state index in [1.165, 1.54) is 0 Å². The highest BCUT2D eigenvalue weighted by molar-refractivity contribution is 7.82. The predicted molar refractivity (Wildman–Crippen MR) is 76.2 cm³/mol. The molecule has 0 N–H and O–H groups in total. The fraction of sp³-hybridized carbons (Fsp3) is 0.385. The largest absolute Gasteiger partial charge is 0.462 e. The van der Waals surface area contributed by atoms with Crippen molar-refractivity contribution in [2.75, 3.05) is 6.61 Å². The summed E-state index contributed by atoms with van der Waals surface area (Å²) >= 11 is 5.91. The van der Waals surface area contributed by atoms with Crippen LogP contribution in [-0.4, -0.2) is 23.1 Å². The van der Waals surface area contributed by atoms with Gasteiger partial charge in [-0.1, -0.05) is 12.6 Å². The van der Waals surface area contributed by atoms with Gasteiger partial charge >= 0.3 is 5.97 Å². The zero-order valence-electron chi connectivity index (χ0n) is 10.4. The van der Waals surface area contributed by atoms with Gasteiger partial charge in [-0.3, -0.25) is 4.79 Å². The van der Waals surface area contributed by atoms with Crippen molar-refractivity contribution in [2.45, 2.75) is 25.0 Å². The lowest BCUT2D eigenvalue weighted by molar-refractivity contribution is -0.140. The molecule has 1 unspecified atom stereocenters. The van der Waals surface area contributed by atoms with Gasteiger partial charge < -0.3 is 4.74 Å². The van der Waals surface area contributed by atoms with Crippen LogP contribution in [0.4, 0.5) is 0 Å². The number of ketones is 1. The maximum Gasteiger partial charge on any atom is 0.341 e. The van der Waals surface area contributed by atoms with Crippen molar-refractivity contribution in [3.05, 3.63) is 34.5 Å². The van der Waals surface area contributed by atoms with Crippen LogP contribution in [-0.2, 0) is 20.7 Å². The molecule has 0 aliphatic carbocycles. The van der Waals surface area contributed by atoms with Gasteiger partial charge in [0.05, 0.1) is 16.9 Å². The summed E-state index contributed by atoms with van der Waals surface area (Å²) in [5.74, 6) is -1.06. The molecule has 3 nitrogen and oxygen atoms in total. The van der Waals surface area contributed by atoms with E-state index in [0.717, 1.165) is 4.88 Å². The van der Waals surface area contributed by atoms with Crippen molar-refractivity contribution in [1.29, 1.82) is 0 Å². The predicted octanol–water partition coefficient (Wildman–Crippen LogP) is 2.67. The first-order valence-corrected chi connectivity index (χ1v) is 6.86. The highest BCUT2D eigenvalue weighted by atomic mass is 32.1. The van der Waals surface area contributed by atoms with Gasteiger partial charge in [0, 0.05) is 11.3 Å². The average molecular weight is 284 g/mol. The monoisotopic (exact) mass is 284 g/mol. The van der Waals surface area contributed by atoms with Gasteiger partial charge in [0.2, 0.25) is 0 Å². The summed E-state index contributed by atoms with van der Waals surface area (Å²) in [5, 5.41) is 1.93. The molecule has 5 heteroatoms. The van der Waals surface area contributed by atoms with Crippen LogP contribution >= 0.6 is 24.0 Å². The molecule has 1 heterocycles. The summed E-state index contributed by atoms with van der Waals surface area (Å²) in [6, 6.07) is 3.84. The number of ether oxygens (including phenoxy) is 1. The Morgan fingerprint density at radius 3 is 2.72 bits per heavy atom. The number of rotatable bonds is 6. The second-order valence-corrected chi connectivity index (χ2v) is 6.08. The van der Waals surface area contributed by atoms with Crippen LogP contribution in [0, 0.1) is 0 Å². The minimum atomic E-state index is -0.950. The van der Waals surface area contributed by atoms with E-state index in [-0.39, 0.29) is 12.2 Å². The number of Topliss-reactive ketones (excluding diaryl/α,β-unsaturated/α-hetero) is 1. The molecule has 1 atom stereocenters. The van der Waals surface area contributed by atoms with E-state index < -0.39 is 16.5 Å². The molecule has 0 bridgehead atoms. The van der Waals surface area contributed by atoms with Crippen molar-refractivity contribution >= 4 is 35.7 Å². The van der Waals surface area contributed by atoms with Crippen LogP contribution in [0.3, 0.4) is 0 Å². The summed E-state index contributed by atoms with van der Waals surface area (Å²) in [6.45, 7) is 7.09. The van der Waals surface area contributed by atoms with Crippen molar-refractivity contribution in [3.63, 3.8) is 0 Å². The molecule has 18 heavy (non-hydrogen) atoms. The van der Waals surface area contributed by atoms with Crippen LogP contribution in [0.15, 0.2) is 29.7 Å². The third kappa shape index (κ3) is 3.71. The average Bonchev–Trinajstić information content (AvgIpc) is 2.79. The molecule has 0 fully saturated rings. The van der Waals surface area contributed by atoms with E-state index in [4.69, 9.17) is 4.74 Å². The molecule has 0 saturated heterocycles. The summed E-state index contributed by atoms with van der Waals surface area (Å²) in [5.41, 5.74) is -0.147. The van der Waals surface area contributed by atoms with Gasteiger partial charge in [-0.15, -0.1) is 11.3 Å². The highest BCUT2D eigenvalue weighted by Gasteiger charge is 2.34. The molecular formula is C13H16O3S2. The van der Waals surface area contributed by atoms with Gasteiger partial charge in [-0.25, -0.2) is 4.79 Å². The van der Waals surface area contributed by atoms with Crippen molar-refractivity contribution in [1.82, 2.24) is 0 Å². The number of carbonyl (C=O) groups is 2. The van der Waals surface area contributed by atoms with E-state index >= 15 is 0 Å². The molecule has 1 aromatic heterocycles. The molecule has 0 saturated carbocycles. The number of hydrogen-bond acceptors (Lipinski definition) is 5. The third-order valence-electron chi connectivity index (χ3n) is 2.38. The minimum Gasteiger partial charge on any atom is -0.462 e. The summed E-state index contributed by atoms with van der Waals surface area (Å²) in [7, 11) is 0. The summed E-state index contributed by atoms with van der Waals surface area (Å²) in [6.07, 6.45) is 0.463. The number of thiophene rings is 1. The summed E-state index contributed by atoms with van der Waals surface area (Å²) < 4.78 is 3.81. The molecule has 0 aliphatic heterocycles. The fourth-order valence-corrected chi connectivity index (χ4v) is 2.74. The zero-order chi connectivity index (χ0) is 13.8. The lowest BCUT2D eigenvalue weighted by Gasteiger charge is -2.21. The molecule has 1 rings (SSSR count). The van der Waals surface area contributed by atoms with Gasteiger partial charge in [0.15, 0.2) is 5.78 Å². The molecule has 0 aliphatic rings. The van der Waals surface area contributed by atoms with Crippen LogP contribution in [0.1, 0.15) is 18.7 Å². The second kappa shape index (κ2) is 6.20. The normalized spacial score (nSPS) is 13.7. The van der Waals surface area contributed by atoms with Crippen LogP contribution < -0.4 is 0 Å². The first kappa shape index (κ1) is 15.0. The van der Waals surface area contributed by atoms with Crippen molar-refractivity contribution in [3.8, 4) is 0 Å². The number of esters is 1. The van der Waals surface area contributed by atoms with Gasteiger partial charge in [0.1, 0.15) is 0 Å². The summed E-state index contributed by atoms with van der Waals surface area (Å²) in [4.78, 5) is 24.6. The third-order valence-corrected chi connectivity index (χ3v) is 3.62. The number of hydrogen-bond donors (Lipinski definition) is 1. The van der Waals surface area contributed by atoms with E-state index in [9.17, 15) is 9.59 Å². The Morgan fingerprint density at radius 1 is 1.56 bits per heavy atom. The molecule has 1 aromatic rings. The first-order valence-electron chi connectivity index (χ1n) is 5.54. The van der Waals surface area contributed by atoms with E-state index in [2.05, 4.69) is 19.2 Å². The Hall–Kier alpha value is -1.07. The molecule has 0 aromatic carbocycles. The molecular weight excluding hydrogens is 268 g/mol. The van der Waals surface area contributed by atoms with E-state index in [1.54, 1.807) is 25.2 Å². The Labute approximate surface area is 116 Å². The minimum absolute atomic E-state index is 0.147. The fourth-order valence-electron chi connectivity index (χ4n) is 1.47. The first-order chi connectivity index (χ1) is 8.38. The van der Waals surface area contributed by atoms with Crippen molar-refractivity contribution in [2.24, 2.45) is 0 Å². The molecule has 98 valence electrons. The molecule has 0 amide bonds. The van der Waals surface area contributed by atoms with E-state index in [1.807, 2.05) is 17.5 Å². The zero-order valence-corrected chi connectivity index (χ0v) is 12.1. The highest BCUT2D eigenvalue weighted by Crippen LogP contribution is 2.26. The molecule has 0 spiro atoms. The maximum absolute atomic E-state index is 12.1. The smallest absolute Gasteiger partial charge is 0.341 e. The van der Waals surface area contributed by atoms with Gasteiger partial charge in [-0.05, 0) is 25.3 Å². The molecule has 0 radical (unpaired) electrons. The Balaban J connectivity index is 2.75. The maximum atomic E-state index is 12.1. The second-order valence-electron chi connectivity index (χ2n) is 4.06. The SMILES string of the molecule is C=C(C(=O)OCC)C(=O)C(C)(S)Cc1cccs1. The van der Waals surface area contributed by atoms with Crippen LogP contribution in [0.2, 0.25) is 0 Å². The number of carbonyl (C=O) groups excluding carboxylic acids is 2. The van der Waals surface area contributed by atoms with Gasteiger partial charge in [-0.2, -0.15) is 12.6 Å².